The topological polar surface area (TPSA) is 26.3 Å². The number of methoxy groups -OCH3 is 1. The Labute approximate surface area is 164 Å². The second-order valence-corrected chi connectivity index (χ2v) is 5.73. The summed E-state index contributed by atoms with van der Waals surface area (Å²) in [6.07, 6.45) is 5.92. The summed E-state index contributed by atoms with van der Waals surface area (Å²) in [6.45, 7) is 0. The summed E-state index contributed by atoms with van der Waals surface area (Å²) < 4.78 is 4.72. The van der Waals surface area contributed by atoms with Crippen LogP contribution in [0.4, 0.5) is 0 Å². The maximum absolute atomic E-state index is 11.2. The van der Waals surface area contributed by atoms with Crippen LogP contribution in [0.15, 0.2) is 60.7 Å². The standard InChI is InChI=1S/C9H13O2.2C6H5.Sn.H2/c1-11-9(10)8-5-6-2-3-7(8)4-6;2*1-2-4-6-5-3-1;;/h5-8H,2-4H2,1H3;2*1-5H;;1H/t6-,7+,8+;;;;/m0..../s1. The first kappa shape index (κ1) is 20.8. The quantitative estimate of drug-likeness (QED) is 0.502. The zero-order chi connectivity index (χ0) is 16.3. The molecule has 0 saturated heterocycles. The van der Waals surface area contributed by atoms with Gasteiger partial charge in [0.1, 0.15) is 0 Å². The number of hydrogen-bond acceptors (Lipinski definition) is 2. The third kappa shape index (κ3) is 7.08. The average Bonchev–Trinajstić information content (AvgIpc) is 3.28. The molecule has 0 aliphatic heterocycles. The Kier molecular flexibility index (Phi) is 10.5. The van der Waals surface area contributed by atoms with Crippen LogP contribution < -0.4 is 0 Å². The fraction of sp³-hybridized carbons (Fsp3) is 0.333. The summed E-state index contributed by atoms with van der Waals surface area (Å²) in [4.78, 5) is 11.2. The summed E-state index contributed by atoms with van der Waals surface area (Å²) >= 11 is 0. The Morgan fingerprint density at radius 2 is 1.50 bits per heavy atom. The van der Waals surface area contributed by atoms with E-state index >= 15 is 0 Å². The number of ether oxygens (including phenoxy) is 1. The summed E-state index contributed by atoms with van der Waals surface area (Å²) in [5.74, 6) is 1.41. The number of benzene rings is 2. The molecule has 0 amide bonds. The van der Waals surface area contributed by atoms with Gasteiger partial charge in [-0.3, -0.25) is 4.79 Å². The van der Waals surface area contributed by atoms with Gasteiger partial charge in [0.25, 0.3) is 0 Å². The summed E-state index contributed by atoms with van der Waals surface area (Å²) in [7, 11) is 1.47. The predicted octanol–water partition coefficient (Wildman–Crippen LogP) is 4.25. The molecule has 0 unspecified atom stereocenters. The Hall–Kier alpha value is -1.29. The van der Waals surface area contributed by atoms with Crippen LogP contribution in [0.25, 0.3) is 0 Å². The average molecular weight is 428 g/mol. The molecule has 3 heteroatoms. The van der Waals surface area contributed by atoms with E-state index in [-0.39, 0.29) is 37.2 Å². The van der Waals surface area contributed by atoms with Crippen molar-refractivity contribution >= 4 is 29.9 Å². The number of esters is 1. The van der Waals surface area contributed by atoms with E-state index in [2.05, 4.69) is 18.6 Å². The Balaban J connectivity index is 0.000000357. The van der Waals surface area contributed by atoms with Crippen LogP contribution in [-0.2, 0) is 9.53 Å². The molecule has 3 atom stereocenters. The monoisotopic (exact) mass is 429 g/mol. The van der Waals surface area contributed by atoms with E-state index in [1.165, 1.54) is 26.4 Å². The molecule has 4 rings (SSSR count). The largest absolute Gasteiger partial charge is 0.469 e. The van der Waals surface area contributed by atoms with E-state index in [4.69, 9.17) is 4.74 Å². The molecule has 2 aliphatic rings. The van der Waals surface area contributed by atoms with Crippen LogP contribution >= 0.6 is 0 Å². The SMILES string of the molecule is COC(=O)[C@@H]1[CH][C@H]2CC[C@@H]1C2.[HH].[Sn].[c]1ccccc1.[c]1ccccc1. The Bertz CT molecular complexity index is 465. The first-order valence-corrected chi connectivity index (χ1v) is 8.06. The van der Waals surface area contributed by atoms with Crippen LogP contribution in [-0.4, -0.2) is 37.0 Å². The van der Waals surface area contributed by atoms with E-state index in [1.807, 2.05) is 60.7 Å². The van der Waals surface area contributed by atoms with Gasteiger partial charge in [0, 0.05) is 25.3 Å². The van der Waals surface area contributed by atoms with Crippen molar-refractivity contribution in [2.24, 2.45) is 17.8 Å². The van der Waals surface area contributed by atoms with Crippen molar-refractivity contribution in [3.8, 4) is 0 Å². The fourth-order valence-corrected chi connectivity index (χ4v) is 3.09. The Morgan fingerprint density at radius 3 is 1.75 bits per heavy atom. The van der Waals surface area contributed by atoms with E-state index in [1.54, 1.807) is 0 Å². The minimum absolute atomic E-state index is 0. The van der Waals surface area contributed by atoms with Gasteiger partial charge in [-0.15, -0.1) is 0 Å². The van der Waals surface area contributed by atoms with E-state index in [0.717, 1.165) is 0 Å². The van der Waals surface area contributed by atoms with Gasteiger partial charge >= 0.3 is 5.97 Å². The molecule has 2 aliphatic carbocycles. The number of fused-ring (bicyclic) bond motifs is 2. The second-order valence-electron chi connectivity index (χ2n) is 5.73. The third-order valence-corrected chi connectivity index (χ3v) is 4.19. The molecule has 7 radical (unpaired) electrons. The van der Waals surface area contributed by atoms with Crippen molar-refractivity contribution in [1.82, 2.24) is 0 Å². The summed E-state index contributed by atoms with van der Waals surface area (Å²) in [5, 5.41) is 0. The number of carbonyl (C=O) groups excluding carboxylic acids is 1. The maximum atomic E-state index is 11.2. The maximum Gasteiger partial charge on any atom is 0.309 e. The Morgan fingerprint density at radius 1 is 0.958 bits per heavy atom. The van der Waals surface area contributed by atoms with Gasteiger partial charge in [0.15, 0.2) is 0 Å². The molecule has 2 aromatic rings. The van der Waals surface area contributed by atoms with Gasteiger partial charge in [0.05, 0.1) is 13.0 Å². The van der Waals surface area contributed by atoms with Crippen LogP contribution in [0.3, 0.4) is 0 Å². The number of rotatable bonds is 1. The number of carbonyl (C=O) groups is 1. The fourth-order valence-electron chi connectivity index (χ4n) is 3.09. The zero-order valence-electron chi connectivity index (χ0n) is 14.0. The molecular formula is C21H25O2Sn. The summed E-state index contributed by atoms with van der Waals surface area (Å²) in [5.41, 5.74) is 0. The molecule has 0 N–H and O–H groups in total. The molecule has 125 valence electrons. The minimum atomic E-state index is -0.0304. The van der Waals surface area contributed by atoms with Gasteiger partial charge < -0.3 is 4.74 Å². The van der Waals surface area contributed by atoms with Crippen LogP contribution in [0.1, 0.15) is 20.7 Å². The van der Waals surface area contributed by atoms with Crippen molar-refractivity contribution in [2.75, 3.05) is 7.11 Å². The second kappa shape index (κ2) is 12.1. The molecule has 2 aromatic carbocycles. The first-order valence-electron chi connectivity index (χ1n) is 8.06. The smallest absolute Gasteiger partial charge is 0.309 e. The molecule has 2 saturated carbocycles. The van der Waals surface area contributed by atoms with Crippen molar-refractivity contribution in [3.05, 3.63) is 79.2 Å². The van der Waals surface area contributed by atoms with Crippen molar-refractivity contribution in [2.45, 2.75) is 19.3 Å². The molecule has 24 heavy (non-hydrogen) atoms. The molecule has 2 bridgehead atoms. The molecule has 0 heterocycles. The first-order chi connectivity index (χ1) is 11.3. The van der Waals surface area contributed by atoms with Gasteiger partial charge in [-0.2, -0.15) is 0 Å². The van der Waals surface area contributed by atoms with E-state index in [9.17, 15) is 4.79 Å². The van der Waals surface area contributed by atoms with Crippen molar-refractivity contribution in [1.29, 1.82) is 0 Å². The molecule has 2 fully saturated rings. The molecule has 0 aromatic heterocycles. The van der Waals surface area contributed by atoms with Gasteiger partial charge in [-0.1, -0.05) is 60.7 Å². The van der Waals surface area contributed by atoms with Gasteiger partial charge in [-0.05, 0) is 49.7 Å². The van der Waals surface area contributed by atoms with Crippen LogP contribution in [0, 0.1) is 36.3 Å². The zero-order valence-corrected chi connectivity index (χ0v) is 16.9. The molecule has 2 nitrogen and oxygen atoms in total. The normalized spacial score (nSPS) is 22.8. The van der Waals surface area contributed by atoms with E-state index < -0.39 is 0 Å². The third-order valence-electron chi connectivity index (χ3n) is 4.19. The van der Waals surface area contributed by atoms with Gasteiger partial charge in [0.2, 0.25) is 0 Å². The summed E-state index contributed by atoms with van der Waals surface area (Å²) in [6, 6.07) is 25.0. The van der Waals surface area contributed by atoms with Crippen LogP contribution in [0.5, 0.6) is 0 Å². The predicted molar refractivity (Wildman–Crippen MR) is 99.1 cm³/mol. The van der Waals surface area contributed by atoms with Crippen molar-refractivity contribution < 1.29 is 11.0 Å². The molecular weight excluding hydrogens is 403 g/mol. The minimum Gasteiger partial charge on any atom is -0.469 e. The number of hydrogen-bond donors (Lipinski definition) is 0. The molecule has 0 spiro atoms. The van der Waals surface area contributed by atoms with Gasteiger partial charge in [-0.25, -0.2) is 0 Å². The van der Waals surface area contributed by atoms with E-state index in [0.29, 0.717) is 11.8 Å². The van der Waals surface area contributed by atoms with Crippen molar-refractivity contribution in [3.63, 3.8) is 0 Å². The van der Waals surface area contributed by atoms with Crippen LogP contribution in [0.2, 0.25) is 0 Å².